The van der Waals surface area contributed by atoms with Crippen LogP contribution in [0.15, 0.2) is 18.3 Å². The third-order valence-electron chi connectivity index (χ3n) is 1.50. The molecule has 4 nitrogen and oxygen atoms in total. The van der Waals surface area contributed by atoms with Gasteiger partial charge in [-0.1, -0.05) is 6.07 Å². The molecule has 1 aromatic heterocycles. The molecule has 0 unspecified atom stereocenters. The zero-order valence-corrected chi connectivity index (χ0v) is 6.53. The lowest BCUT2D eigenvalue weighted by atomic mass is 10.1. The van der Waals surface area contributed by atoms with Crippen molar-refractivity contribution in [3.63, 3.8) is 0 Å². The summed E-state index contributed by atoms with van der Waals surface area (Å²) in [4.78, 5) is 14.4. The molecule has 12 heavy (non-hydrogen) atoms. The number of pyridine rings is 1. The van der Waals surface area contributed by atoms with Crippen molar-refractivity contribution in [3.05, 3.63) is 29.6 Å². The Bertz CT molecular complexity index is 286. The van der Waals surface area contributed by atoms with Gasteiger partial charge in [0.1, 0.15) is 0 Å². The third-order valence-corrected chi connectivity index (χ3v) is 1.50. The predicted octanol–water partition coefficient (Wildman–Crippen LogP) is -0.398. The van der Waals surface area contributed by atoms with Gasteiger partial charge in [-0.05, 0) is 11.6 Å². The third kappa shape index (κ3) is 2.03. The molecule has 0 aliphatic heterocycles. The number of aliphatic hydroxyl groups excluding tert-OH is 1. The molecule has 3 N–H and O–H groups in total. The topological polar surface area (TPSA) is 76.2 Å². The minimum Gasteiger partial charge on any atom is -0.390 e. The van der Waals surface area contributed by atoms with Crippen LogP contribution in [0.3, 0.4) is 0 Å². The number of primary amides is 1. The maximum absolute atomic E-state index is 10.5. The van der Waals surface area contributed by atoms with Gasteiger partial charge in [0.15, 0.2) is 0 Å². The second-order valence-electron chi connectivity index (χ2n) is 2.41. The van der Waals surface area contributed by atoms with Crippen LogP contribution in [-0.2, 0) is 17.8 Å². The molecule has 1 aromatic rings. The molecule has 0 aromatic carbocycles. The minimum atomic E-state index is -0.419. The van der Waals surface area contributed by atoms with E-state index in [1.54, 1.807) is 18.3 Å². The Morgan fingerprint density at radius 3 is 3.00 bits per heavy atom. The maximum atomic E-state index is 10.5. The molecule has 1 rings (SSSR count). The zero-order chi connectivity index (χ0) is 8.97. The first-order valence-corrected chi connectivity index (χ1v) is 3.56. The van der Waals surface area contributed by atoms with Crippen molar-refractivity contribution in [2.45, 2.75) is 13.0 Å². The van der Waals surface area contributed by atoms with E-state index in [-0.39, 0.29) is 13.0 Å². The zero-order valence-electron chi connectivity index (χ0n) is 6.53. The lowest BCUT2D eigenvalue weighted by Gasteiger charge is -2.02. The number of nitrogens with zero attached hydrogens (tertiary/aromatic N) is 1. The fraction of sp³-hybridized carbons (Fsp3) is 0.250. The Morgan fingerprint density at radius 1 is 1.67 bits per heavy atom. The number of hydrogen-bond acceptors (Lipinski definition) is 3. The number of amides is 1. The molecule has 0 atom stereocenters. The second kappa shape index (κ2) is 3.82. The van der Waals surface area contributed by atoms with Crippen LogP contribution in [0, 0.1) is 0 Å². The molecule has 0 spiro atoms. The van der Waals surface area contributed by atoms with E-state index < -0.39 is 5.91 Å². The fourth-order valence-electron chi connectivity index (χ4n) is 0.962. The number of hydrogen-bond donors (Lipinski definition) is 2. The monoisotopic (exact) mass is 166 g/mol. The van der Waals surface area contributed by atoms with Gasteiger partial charge in [0, 0.05) is 6.20 Å². The summed E-state index contributed by atoms with van der Waals surface area (Å²) in [6.07, 6.45) is 1.69. The van der Waals surface area contributed by atoms with Gasteiger partial charge in [0.25, 0.3) is 0 Å². The first-order valence-electron chi connectivity index (χ1n) is 3.56. The van der Waals surface area contributed by atoms with Crippen molar-refractivity contribution in [2.24, 2.45) is 5.73 Å². The number of aromatic nitrogens is 1. The Balaban J connectivity index is 2.89. The van der Waals surface area contributed by atoms with E-state index in [0.717, 1.165) is 0 Å². The first-order chi connectivity index (χ1) is 5.74. The van der Waals surface area contributed by atoms with Crippen LogP contribution in [0.5, 0.6) is 0 Å². The normalized spacial score (nSPS) is 9.75. The van der Waals surface area contributed by atoms with E-state index in [1.807, 2.05) is 0 Å². The van der Waals surface area contributed by atoms with Crippen molar-refractivity contribution in [3.8, 4) is 0 Å². The Hall–Kier alpha value is -1.42. The van der Waals surface area contributed by atoms with E-state index in [0.29, 0.717) is 11.3 Å². The Labute approximate surface area is 70.0 Å². The molecule has 0 saturated carbocycles. The van der Waals surface area contributed by atoms with Crippen molar-refractivity contribution >= 4 is 5.91 Å². The van der Waals surface area contributed by atoms with Gasteiger partial charge in [-0.3, -0.25) is 9.78 Å². The maximum Gasteiger partial charge on any atom is 0.221 e. The van der Waals surface area contributed by atoms with Crippen LogP contribution < -0.4 is 5.73 Å². The number of carbonyl (C=O) groups excluding carboxylic acids is 1. The lowest BCUT2D eigenvalue weighted by molar-refractivity contribution is -0.117. The molecule has 4 heteroatoms. The van der Waals surface area contributed by atoms with E-state index in [2.05, 4.69) is 4.98 Å². The highest BCUT2D eigenvalue weighted by Gasteiger charge is 2.04. The highest BCUT2D eigenvalue weighted by atomic mass is 16.3. The summed E-state index contributed by atoms with van der Waals surface area (Å²) in [6, 6.07) is 3.43. The van der Waals surface area contributed by atoms with Crippen LogP contribution in [0.25, 0.3) is 0 Å². The lowest BCUT2D eigenvalue weighted by Crippen LogP contribution is -2.15. The largest absolute Gasteiger partial charge is 0.390 e. The Morgan fingerprint density at radius 2 is 2.42 bits per heavy atom. The van der Waals surface area contributed by atoms with Crippen LogP contribution in [0.2, 0.25) is 0 Å². The quantitative estimate of drug-likeness (QED) is 0.641. The number of carbonyl (C=O) groups is 1. The van der Waals surface area contributed by atoms with Gasteiger partial charge in [0.2, 0.25) is 5.91 Å². The fourth-order valence-corrected chi connectivity index (χ4v) is 0.962. The van der Waals surface area contributed by atoms with Gasteiger partial charge in [-0.25, -0.2) is 0 Å². The highest BCUT2D eigenvalue weighted by Crippen LogP contribution is 2.05. The summed E-state index contributed by atoms with van der Waals surface area (Å²) >= 11 is 0. The average Bonchev–Trinajstić information content (AvgIpc) is 2.04. The van der Waals surface area contributed by atoms with E-state index in [4.69, 9.17) is 10.8 Å². The van der Waals surface area contributed by atoms with Gasteiger partial charge < -0.3 is 10.8 Å². The van der Waals surface area contributed by atoms with Crippen LogP contribution in [0.1, 0.15) is 11.3 Å². The number of aliphatic hydroxyl groups is 1. The van der Waals surface area contributed by atoms with Gasteiger partial charge >= 0.3 is 0 Å². The van der Waals surface area contributed by atoms with Gasteiger partial charge in [0.05, 0.1) is 18.7 Å². The predicted molar refractivity (Wildman–Crippen MR) is 43.1 cm³/mol. The minimum absolute atomic E-state index is 0.129. The smallest absolute Gasteiger partial charge is 0.221 e. The SMILES string of the molecule is NC(=O)Cc1cccnc1CO. The molecule has 0 aliphatic carbocycles. The van der Waals surface area contributed by atoms with Crippen molar-refractivity contribution in [2.75, 3.05) is 0 Å². The summed E-state index contributed by atoms with van der Waals surface area (Å²) in [5, 5.41) is 8.82. The summed E-state index contributed by atoms with van der Waals surface area (Å²) in [7, 11) is 0. The van der Waals surface area contributed by atoms with E-state index in [9.17, 15) is 4.79 Å². The second-order valence-corrected chi connectivity index (χ2v) is 2.41. The van der Waals surface area contributed by atoms with Crippen LogP contribution in [-0.4, -0.2) is 16.0 Å². The average molecular weight is 166 g/mol. The molecule has 1 amide bonds. The molecular weight excluding hydrogens is 156 g/mol. The molecular formula is C8H10N2O2. The highest BCUT2D eigenvalue weighted by molar-refractivity contribution is 5.76. The number of nitrogens with two attached hydrogens (primary N) is 1. The first kappa shape index (κ1) is 8.67. The molecule has 0 saturated heterocycles. The summed E-state index contributed by atoms with van der Waals surface area (Å²) in [5.41, 5.74) is 6.20. The molecule has 0 bridgehead atoms. The molecule has 1 heterocycles. The molecule has 0 aliphatic rings. The summed E-state index contributed by atoms with van der Waals surface area (Å²) in [6.45, 7) is -0.163. The summed E-state index contributed by atoms with van der Waals surface area (Å²) in [5.74, 6) is -0.419. The molecule has 64 valence electrons. The van der Waals surface area contributed by atoms with Gasteiger partial charge in [-0.2, -0.15) is 0 Å². The number of rotatable bonds is 3. The van der Waals surface area contributed by atoms with Crippen molar-refractivity contribution in [1.29, 1.82) is 0 Å². The molecule has 0 radical (unpaired) electrons. The van der Waals surface area contributed by atoms with E-state index >= 15 is 0 Å². The van der Waals surface area contributed by atoms with E-state index in [1.165, 1.54) is 0 Å². The van der Waals surface area contributed by atoms with Gasteiger partial charge in [-0.15, -0.1) is 0 Å². The molecule has 0 fully saturated rings. The van der Waals surface area contributed by atoms with Crippen molar-refractivity contribution < 1.29 is 9.90 Å². The van der Waals surface area contributed by atoms with Crippen LogP contribution >= 0.6 is 0 Å². The Kier molecular flexibility index (Phi) is 2.76. The standard InChI is InChI=1S/C8H10N2O2/c9-8(12)4-6-2-1-3-10-7(6)5-11/h1-3,11H,4-5H2,(H2,9,12). The summed E-state index contributed by atoms with van der Waals surface area (Å²) < 4.78 is 0. The van der Waals surface area contributed by atoms with Crippen molar-refractivity contribution in [1.82, 2.24) is 4.98 Å². The van der Waals surface area contributed by atoms with Crippen LogP contribution in [0.4, 0.5) is 0 Å².